The smallest absolute Gasteiger partial charge is 0.410 e. The quantitative estimate of drug-likeness (QED) is 0.262. The van der Waals surface area contributed by atoms with E-state index in [-0.39, 0.29) is 38.3 Å². The summed E-state index contributed by atoms with van der Waals surface area (Å²) in [6.07, 6.45) is -0.394. The van der Waals surface area contributed by atoms with Crippen LogP contribution in [-0.4, -0.2) is 55.7 Å². The summed E-state index contributed by atoms with van der Waals surface area (Å²) < 4.78 is 27.5. The third-order valence-electron chi connectivity index (χ3n) is 5.52. The highest BCUT2D eigenvalue weighted by molar-refractivity contribution is 5.74. The van der Waals surface area contributed by atoms with E-state index in [4.69, 9.17) is 23.7 Å². The SMILES string of the molecule is COc1ccc(COCOC[C@@H]2COC(=O)N(Cc3ccccc3)C2CC(=O)OC(C)(C)C)cc1. The third-order valence-corrected chi connectivity index (χ3v) is 5.52. The summed E-state index contributed by atoms with van der Waals surface area (Å²) in [5.41, 5.74) is 1.33. The van der Waals surface area contributed by atoms with Gasteiger partial charge >= 0.3 is 12.1 Å². The number of methoxy groups -OCH3 is 1. The molecule has 0 bridgehead atoms. The van der Waals surface area contributed by atoms with Crippen molar-refractivity contribution in [1.29, 1.82) is 0 Å². The normalized spacial score (nSPS) is 18.2. The Labute approximate surface area is 207 Å². The summed E-state index contributed by atoms with van der Waals surface area (Å²) in [6, 6.07) is 16.8. The minimum Gasteiger partial charge on any atom is -0.497 e. The summed E-state index contributed by atoms with van der Waals surface area (Å²) >= 11 is 0. The Morgan fingerprint density at radius 2 is 1.74 bits per heavy atom. The molecule has 8 heteroatoms. The van der Waals surface area contributed by atoms with Gasteiger partial charge in [0.2, 0.25) is 0 Å². The average Bonchev–Trinajstić information content (AvgIpc) is 2.82. The van der Waals surface area contributed by atoms with Gasteiger partial charge in [-0.15, -0.1) is 0 Å². The summed E-state index contributed by atoms with van der Waals surface area (Å²) in [7, 11) is 1.62. The van der Waals surface area contributed by atoms with Crippen molar-refractivity contribution in [1.82, 2.24) is 4.90 Å². The van der Waals surface area contributed by atoms with Crippen molar-refractivity contribution >= 4 is 12.1 Å². The lowest BCUT2D eigenvalue weighted by atomic mass is 9.95. The molecule has 1 aliphatic heterocycles. The number of carbonyl (C=O) groups excluding carboxylic acids is 2. The molecule has 0 aromatic heterocycles. The van der Waals surface area contributed by atoms with Crippen molar-refractivity contribution in [2.24, 2.45) is 5.92 Å². The molecule has 1 saturated heterocycles. The molecule has 1 amide bonds. The number of hydrogen-bond donors (Lipinski definition) is 0. The van der Waals surface area contributed by atoms with Crippen LogP contribution in [0.5, 0.6) is 5.75 Å². The highest BCUT2D eigenvalue weighted by atomic mass is 16.7. The van der Waals surface area contributed by atoms with Crippen molar-refractivity contribution in [3.8, 4) is 5.75 Å². The first-order valence-electron chi connectivity index (χ1n) is 11.7. The van der Waals surface area contributed by atoms with Gasteiger partial charge in [-0.25, -0.2) is 4.79 Å². The Morgan fingerprint density at radius 3 is 2.40 bits per heavy atom. The van der Waals surface area contributed by atoms with Crippen LogP contribution in [0.3, 0.4) is 0 Å². The first-order chi connectivity index (χ1) is 16.7. The molecule has 1 heterocycles. The molecule has 2 atom stereocenters. The molecule has 0 spiro atoms. The van der Waals surface area contributed by atoms with E-state index in [1.165, 1.54) is 0 Å². The number of hydrogen-bond acceptors (Lipinski definition) is 7. The highest BCUT2D eigenvalue weighted by Crippen LogP contribution is 2.26. The Morgan fingerprint density at radius 1 is 1.03 bits per heavy atom. The first-order valence-corrected chi connectivity index (χ1v) is 11.7. The van der Waals surface area contributed by atoms with Gasteiger partial charge < -0.3 is 23.7 Å². The molecule has 1 aliphatic rings. The second-order valence-corrected chi connectivity index (χ2v) is 9.49. The summed E-state index contributed by atoms with van der Waals surface area (Å²) in [5.74, 6) is 0.206. The molecule has 0 radical (unpaired) electrons. The maximum Gasteiger partial charge on any atom is 0.410 e. The van der Waals surface area contributed by atoms with Crippen LogP contribution in [0.4, 0.5) is 4.79 Å². The van der Waals surface area contributed by atoms with Crippen LogP contribution in [-0.2, 0) is 36.9 Å². The number of benzene rings is 2. The van der Waals surface area contributed by atoms with Gasteiger partial charge in [0.1, 0.15) is 24.8 Å². The fourth-order valence-corrected chi connectivity index (χ4v) is 3.85. The summed E-state index contributed by atoms with van der Waals surface area (Å²) in [4.78, 5) is 27.0. The number of esters is 1. The lowest BCUT2D eigenvalue weighted by Gasteiger charge is -2.40. The van der Waals surface area contributed by atoms with E-state index in [9.17, 15) is 9.59 Å². The zero-order valence-corrected chi connectivity index (χ0v) is 20.9. The monoisotopic (exact) mass is 485 g/mol. The lowest BCUT2D eigenvalue weighted by Crippen LogP contribution is -2.53. The van der Waals surface area contributed by atoms with Crippen molar-refractivity contribution in [2.45, 2.75) is 52.0 Å². The van der Waals surface area contributed by atoms with Crippen molar-refractivity contribution in [3.63, 3.8) is 0 Å². The molecule has 1 fully saturated rings. The van der Waals surface area contributed by atoms with Crippen LogP contribution in [0, 0.1) is 5.92 Å². The van der Waals surface area contributed by atoms with Gasteiger partial charge in [0, 0.05) is 12.5 Å². The number of amides is 1. The van der Waals surface area contributed by atoms with Crippen LogP contribution in [0.25, 0.3) is 0 Å². The molecule has 2 aromatic carbocycles. The Bertz CT molecular complexity index is 940. The standard InChI is InChI=1S/C27H35NO7/c1-27(2,3)35-25(29)14-24-22(17-33-19-32-16-21-10-12-23(31-4)13-11-21)18-34-26(30)28(24)15-20-8-6-5-7-9-20/h5-13,22,24H,14-19H2,1-4H3/t22-,24?/m1/s1. The van der Waals surface area contributed by atoms with Gasteiger partial charge in [-0.3, -0.25) is 9.69 Å². The van der Waals surface area contributed by atoms with E-state index >= 15 is 0 Å². The fourth-order valence-electron chi connectivity index (χ4n) is 3.85. The molecule has 1 unspecified atom stereocenters. The van der Waals surface area contributed by atoms with E-state index < -0.39 is 17.7 Å². The molecular formula is C27H35NO7. The number of cyclic esters (lactones) is 1. The Kier molecular flexibility index (Phi) is 9.51. The van der Waals surface area contributed by atoms with Crippen LogP contribution in [0.2, 0.25) is 0 Å². The van der Waals surface area contributed by atoms with Gasteiger partial charge in [-0.2, -0.15) is 0 Å². The van der Waals surface area contributed by atoms with Crippen molar-refractivity contribution < 1.29 is 33.3 Å². The van der Waals surface area contributed by atoms with Crippen LogP contribution >= 0.6 is 0 Å². The molecule has 3 rings (SSSR count). The summed E-state index contributed by atoms with van der Waals surface area (Å²) in [5, 5.41) is 0. The van der Waals surface area contributed by atoms with Gasteiger partial charge in [0.15, 0.2) is 0 Å². The van der Waals surface area contributed by atoms with E-state index in [0.717, 1.165) is 16.9 Å². The number of nitrogens with zero attached hydrogens (tertiary/aromatic N) is 1. The third kappa shape index (κ3) is 8.56. The maximum atomic E-state index is 12.7. The molecular weight excluding hydrogens is 450 g/mol. The number of ether oxygens (including phenoxy) is 5. The lowest BCUT2D eigenvalue weighted by molar-refractivity contribution is -0.158. The molecule has 0 saturated carbocycles. The zero-order chi connectivity index (χ0) is 25.3. The fraction of sp³-hybridized carbons (Fsp3) is 0.481. The van der Waals surface area contributed by atoms with Crippen molar-refractivity contribution in [2.75, 3.05) is 27.1 Å². The minimum atomic E-state index is -0.613. The maximum absolute atomic E-state index is 12.7. The van der Waals surface area contributed by atoms with E-state index in [1.807, 2.05) is 75.4 Å². The first kappa shape index (κ1) is 26.5. The molecule has 35 heavy (non-hydrogen) atoms. The number of carbonyl (C=O) groups is 2. The van der Waals surface area contributed by atoms with E-state index in [0.29, 0.717) is 13.2 Å². The van der Waals surface area contributed by atoms with Gasteiger partial charge in [0.05, 0.1) is 32.8 Å². The molecule has 8 nitrogen and oxygen atoms in total. The van der Waals surface area contributed by atoms with E-state index in [2.05, 4.69) is 0 Å². The second-order valence-electron chi connectivity index (χ2n) is 9.49. The largest absolute Gasteiger partial charge is 0.497 e. The predicted octanol–water partition coefficient (Wildman–Crippen LogP) is 4.55. The van der Waals surface area contributed by atoms with Gasteiger partial charge in [-0.1, -0.05) is 42.5 Å². The van der Waals surface area contributed by atoms with Gasteiger partial charge in [-0.05, 0) is 44.0 Å². The van der Waals surface area contributed by atoms with Gasteiger partial charge in [0.25, 0.3) is 0 Å². The second kappa shape index (κ2) is 12.6. The zero-order valence-electron chi connectivity index (χ0n) is 20.9. The molecule has 190 valence electrons. The van der Waals surface area contributed by atoms with Crippen LogP contribution in [0.1, 0.15) is 38.3 Å². The average molecular weight is 486 g/mol. The summed E-state index contributed by atoms with van der Waals surface area (Å²) in [6.45, 7) is 6.70. The topological polar surface area (TPSA) is 83.5 Å². The Hall–Kier alpha value is -3.10. The highest BCUT2D eigenvalue weighted by Gasteiger charge is 2.39. The van der Waals surface area contributed by atoms with Crippen LogP contribution < -0.4 is 4.74 Å². The van der Waals surface area contributed by atoms with E-state index in [1.54, 1.807) is 12.0 Å². The van der Waals surface area contributed by atoms with Crippen LogP contribution in [0.15, 0.2) is 54.6 Å². The molecule has 0 N–H and O–H groups in total. The molecule has 0 aliphatic carbocycles. The number of rotatable bonds is 11. The predicted molar refractivity (Wildman–Crippen MR) is 130 cm³/mol. The van der Waals surface area contributed by atoms with Crippen molar-refractivity contribution in [3.05, 3.63) is 65.7 Å². The Balaban J connectivity index is 1.60. The minimum absolute atomic E-state index is 0.0555. The molecule has 2 aromatic rings.